The van der Waals surface area contributed by atoms with E-state index in [0.717, 1.165) is 25.7 Å². The van der Waals surface area contributed by atoms with Gasteiger partial charge in [-0.05, 0) is 31.6 Å². The molecule has 1 aliphatic rings. The summed E-state index contributed by atoms with van der Waals surface area (Å²) in [5, 5.41) is 10.7. The number of nitrogens with zero attached hydrogens (tertiary/aromatic N) is 1. The van der Waals surface area contributed by atoms with Crippen LogP contribution in [0.25, 0.3) is 0 Å². The highest BCUT2D eigenvalue weighted by Crippen LogP contribution is 2.25. The second-order valence-electron chi connectivity index (χ2n) is 6.30. The van der Waals surface area contributed by atoms with Gasteiger partial charge < -0.3 is 9.84 Å². The summed E-state index contributed by atoms with van der Waals surface area (Å²) in [5.74, 6) is -1.28. The number of carbonyl (C=O) groups is 2. The van der Waals surface area contributed by atoms with Crippen LogP contribution in [0.5, 0.6) is 0 Å². The third-order valence-electron chi connectivity index (χ3n) is 3.90. The molecule has 3 atom stereocenters. The van der Waals surface area contributed by atoms with Crippen LogP contribution < -0.4 is 0 Å². The second kappa shape index (κ2) is 9.79. The van der Waals surface area contributed by atoms with E-state index in [2.05, 4.69) is 0 Å². The van der Waals surface area contributed by atoms with Gasteiger partial charge in [-0.2, -0.15) is 0 Å². The van der Waals surface area contributed by atoms with E-state index in [1.54, 1.807) is 0 Å². The van der Waals surface area contributed by atoms with Crippen molar-refractivity contribution in [2.75, 3.05) is 6.61 Å². The van der Waals surface area contributed by atoms with E-state index in [0.29, 0.717) is 25.9 Å². The molecule has 1 unspecified atom stereocenters. The normalized spacial score (nSPS) is 21.4. The Morgan fingerprint density at radius 1 is 1.45 bits per heavy atom. The molecule has 0 aliphatic carbocycles. The first-order valence-corrected chi connectivity index (χ1v) is 8.24. The summed E-state index contributed by atoms with van der Waals surface area (Å²) in [6.45, 7) is 6.55. The predicted molar refractivity (Wildman–Crippen MR) is 81.9 cm³/mol. The molecule has 1 rings (SSSR count). The summed E-state index contributed by atoms with van der Waals surface area (Å²) >= 11 is 0. The highest BCUT2D eigenvalue weighted by Gasteiger charge is 2.34. The van der Waals surface area contributed by atoms with Crippen LogP contribution >= 0.6 is 0 Å². The lowest BCUT2D eigenvalue weighted by molar-refractivity contribution is -0.290. The number of amides is 1. The van der Waals surface area contributed by atoms with Gasteiger partial charge in [-0.25, -0.2) is 9.90 Å². The van der Waals surface area contributed by atoms with Crippen molar-refractivity contribution < 1.29 is 24.3 Å². The lowest BCUT2D eigenvalue weighted by atomic mass is 9.88. The number of hydrogen-bond donors (Lipinski definition) is 1. The first-order chi connectivity index (χ1) is 10.5. The number of ether oxygens (including phenoxy) is 1. The van der Waals surface area contributed by atoms with Crippen LogP contribution in [0.1, 0.15) is 59.3 Å². The highest BCUT2D eigenvalue weighted by atomic mass is 16.8. The molecule has 1 amide bonds. The Morgan fingerprint density at radius 3 is 2.64 bits per heavy atom. The van der Waals surface area contributed by atoms with Gasteiger partial charge in [0.2, 0.25) is 6.41 Å². The topological polar surface area (TPSA) is 76.1 Å². The lowest BCUT2D eigenvalue weighted by Crippen LogP contribution is -2.46. The molecule has 1 heterocycles. The van der Waals surface area contributed by atoms with E-state index in [4.69, 9.17) is 9.57 Å². The molecule has 0 bridgehead atoms. The van der Waals surface area contributed by atoms with E-state index in [1.807, 2.05) is 20.8 Å². The monoisotopic (exact) mass is 315 g/mol. The zero-order valence-electron chi connectivity index (χ0n) is 13.9. The first-order valence-electron chi connectivity index (χ1n) is 8.24. The largest absolute Gasteiger partial charge is 0.481 e. The average molecular weight is 315 g/mol. The van der Waals surface area contributed by atoms with Crippen LogP contribution in [0.3, 0.4) is 0 Å². The van der Waals surface area contributed by atoms with Crippen molar-refractivity contribution in [3.8, 4) is 0 Å². The summed E-state index contributed by atoms with van der Waals surface area (Å²) in [4.78, 5) is 28.7. The highest BCUT2D eigenvalue weighted by molar-refractivity contribution is 5.71. The standard InChI is InChI=1S/C16H29NO5/c1-4-7-14(13(16(19)20)10-12(2)3)17(11-18)22-15-8-5-6-9-21-15/h11-15H,4-10H2,1-3H3,(H,19,20)/t13-,14+,15?/m1/s1. The first kappa shape index (κ1) is 18.9. The van der Waals surface area contributed by atoms with Gasteiger partial charge in [0.1, 0.15) is 0 Å². The van der Waals surface area contributed by atoms with E-state index >= 15 is 0 Å². The van der Waals surface area contributed by atoms with Gasteiger partial charge in [0.15, 0.2) is 6.29 Å². The minimum atomic E-state index is -0.882. The van der Waals surface area contributed by atoms with Gasteiger partial charge in [-0.3, -0.25) is 9.59 Å². The Balaban J connectivity index is 2.81. The third-order valence-corrected chi connectivity index (χ3v) is 3.90. The van der Waals surface area contributed by atoms with Crippen LogP contribution in [0.2, 0.25) is 0 Å². The van der Waals surface area contributed by atoms with Crippen molar-refractivity contribution in [1.82, 2.24) is 5.06 Å². The van der Waals surface area contributed by atoms with Crippen LogP contribution in [0.4, 0.5) is 0 Å². The van der Waals surface area contributed by atoms with E-state index in [1.165, 1.54) is 5.06 Å². The van der Waals surface area contributed by atoms with Crippen LogP contribution in [0.15, 0.2) is 0 Å². The van der Waals surface area contributed by atoms with Crippen LogP contribution in [-0.2, 0) is 19.2 Å². The van der Waals surface area contributed by atoms with Gasteiger partial charge in [0.05, 0.1) is 12.0 Å². The maximum absolute atomic E-state index is 11.6. The number of aliphatic carboxylic acids is 1. The molecule has 1 aliphatic heterocycles. The van der Waals surface area contributed by atoms with Crippen molar-refractivity contribution in [3.63, 3.8) is 0 Å². The third kappa shape index (κ3) is 5.93. The molecule has 0 radical (unpaired) electrons. The fourth-order valence-corrected chi connectivity index (χ4v) is 2.84. The van der Waals surface area contributed by atoms with Crippen molar-refractivity contribution in [3.05, 3.63) is 0 Å². The summed E-state index contributed by atoms with van der Waals surface area (Å²) in [6, 6.07) is -0.465. The quantitative estimate of drug-likeness (QED) is 0.495. The van der Waals surface area contributed by atoms with Gasteiger partial charge in [-0.15, -0.1) is 0 Å². The molecule has 0 saturated carbocycles. The molecule has 22 heavy (non-hydrogen) atoms. The number of hydrogen-bond acceptors (Lipinski definition) is 4. The maximum atomic E-state index is 11.6. The SMILES string of the molecule is CCC[C@@H]([C@@H](CC(C)C)C(=O)O)N(C=O)OC1CCCCO1. The van der Waals surface area contributed by atoms with Crippen LogP contribution in [-0.4, -0.2) is 41.5 Å². The summed E-state index contributed by atoms with van der Waals surface area (Å²) in [7, 11) is 0. The molecule has 6 nitrogen and oxygen atoms in total. The van der Waals surface area contributed by atoms with E-state index in [-0.39, 0.29) is 5.92 Å². The zero-order chi connectivity index (χ0) is 16.5. The Kier molecular flexibility index (Phi) is 8.42. The number of rotatable bonds is 10. The number of carboxylic acid groups (broad SMARTS) is 1. The number of hydroxylamine groups is 2. The predicted octanol–water partition coefficient (Wildman–Crippen LogP) is 2.82. The van der Waals surface area contributed by atoms with Crippen molar-refractivity contribution >= 4 is 12.4 Å². The average Bonchev–Trinajstić information content (AvgIpc) is 2.49. The Morgan fingerprint density at radius 2 is 2.18 bits per heavy atom. The molecular weight excluding hydrogens is 286 g/mol. The molecule has 0 aromatic rings. The summed E-state index contributed by atoms with van der Waals surface area (Å²) in [6.07, 6.45) is 4.74. The number of carbonyl (C=O) groups excluding carboxylic acids is 1. The van der Waals surface area contributed by atoms with Crippen molar-refractivity contribution in [1.29, 1.82) is 0 Å². The molecule has 0 spiro atoms. The molecule has 1 saturated heterocycles. The molecule has 128 valence electrons. The minimum absolute atomic E-state index is 0.236. The van der Waals surface area contributed by atoms with Gasteiger partial charge in [0.25, 0.3) is 0 Å². The van der Waals surface area contributed by atoms with Gasteiger partial charge >= 0.3 is 5.97 Å². The van der Waals surface area contributed by atoms with Gasteiger partial charge in [0, 0.05) is 13.0 Å². The fraction of sp³-hybridized carbons (Fsp3) is 0.875. The Hall–Kier alpha value is -1.14. The number of carboxylic acids is 1. The van der Waals surface area contributed by atoms with Crippen molar-refractivity contribution in [2.24, 2.45) is 11.8 Å². The molecule has 1 N–H and O–H groups in total. The van der Waals surface area contributed by atoms with E-state index < -0.39 is 24.2 Å². The van der Waals surface area contributed by atoms with Crippen molar-refractivity contribution in [2.45, 2.75) is 71.6 Å². The zero-order valence-corrected chi connectivity index (χ0v) is 13.9. The second-order valence-corrected chi connectivity index (χ2v) is 6.30. The Labute approximate surface area is 132 Å². The minimum Gasteiger partial charge on any atom is -0.481 e. The van der Waals surface area contributed by atoms with E-state index in [9.17, 15) is 14.7 Å². The summed E-state index contributed by atoms with van der Waals surface area (Å²) in [5.41, 5.74) is 0. The molecule has 0 aromatic carbocycles. The fourth-order valence-electron chi connectivity index (χ4n) is 2.84. The molecule has 1 fully saturated rings. The molecule has 6 heteroatoms. The maximum Gasteiger partial charge on any atom is 0.308 e. The molecular formula is C16H29NO5. The Bertz CT molecular complexity index is 341. The van der Waals surface area contributed by atoms with Gasteiger partial charge in [-0.1, -0.05) is 27.2 Å². The van der Waals surface area contributed by atoms with Crippen LogP contribution in [0, 0.1) is 11.8 Å². The lowest BCUT2D eigenvalue weighted by Gasteiger charge is -2.35. The smallest absolute Gasteiger partial charge is 0.308 e. The molecule has 0 aromatic heterocycles. The summed E-state index contributed by atoms with van der Waals surface area (Å²) < 4.78 is 5.49.